The van der Waals surface area contributed by atoms with Crippen LogP contribution in [0.25, 0.3) is 0 Å². The van der Waals surface area contributed by atoms with Gasteiger partial charge in [0, 0.05) is 19.3 Å². The summed E-state index contributed by atoms with van der Waals surface area (Å²) >= 11 is 0. The Morgan fingerprint density at radius 1 is 0.397 bits per heavy atom. The molecule has 0 saturated heterocycles. The molecule has 0 fully saturated rings. The third-order valence-electron chi connectivity index (χ3n) is 12.2. The molecule has 0 aromatic heterocycles. The van der Waals surface area contributed by atoms with Crippen molar-refractivity contribution < 1.29 is 28.6 Å². The topological polar surface area (TPSA) is 82.1 Å². The molecule has 0 rings (SSSR count). The van der Waals surface area contributed by atoms with Gasteiger partial charge in [-0.2, -0.15) is 0 Å². The number of unbranched alkanes of at least 4 members (excludes halogenated alkanes) is 18. The van der Waals surface area contributed by atoms with Crippen molar-refractivity contribution in [3.05, 3.63) is 0 Å². The van der Waals surface area contributed by atoms with Gasteiger partial charge >= 0.3 is 17.9 Å². The van der Waals surface area contributed by atoms with Gasteiger partial charge in [0.2, 0.25) is 0 Å². The third-order valence-corrected chi connectivity index (χ3v) is 12.2. The number of hydrogen-bond acceptors (Lipinski definition) is 7. The maximum atomic E-state index is 12.8. The Bertz CT molecular complexity index is 887. The molecule has 0 radical (unpaired) electrons. The van der Waals surface area contributed by atoms with Crippen LogP contribution in [0.15, 0.2) is 0 Å². The molecule has 0 aromatic rings. The second-order valence-electron chi connectivity index (χ2n) is 17.6. The van der Waals surface area contributed by atoms with E-state index in [-0.39, 0.29) is 24.0 Å². The molecular formula is C51H99NO6. The van der Waals surface area contributed by atoms with E-state index < -0.39 is 0 Å². The van der Waals surface area contributed by atoms with E-state index in [0.29, 0.717) is 44.3 Å². The lowest BCUT2D eigenvalue weighted by molar-refractivity contribution is -0.150. The molecule has 344 valence electrons. The lowest BCUT2D eigenvalue weighted by atomic mass is 9.92. The van der Waals surface area contributed by atoms with E-state index in [9.17, 15) is 14.4 Å². The zero-order chi connectivity index (χ0) is 42.7. The largest absolute Gasteiger partial charge is 0.466 e. The van der Waals surface area contributed by atoms with E-state index in [2.05, 4.69) is 46.4 Å². The highest BCUT2D eigenvalue weighted by Gasteiger charge is 2.17. The van der Waals surface area contributed by atoms with Crippen LogP contribution in [-0.4, -0.2) is 61.8 Å². The molecule has 58 heavy (non-hydrogen) atoms. The minimum atomic E-state index is -0.0406. The van der Waals surface area contributed by atoms with Crippen LogP contribution in [-0.2, 0) is 28.6 Å². The molecule has 0 amide bonds. The highest BCUT2D eigenvalue weighted by Crippen LogP contribution is 2.23. The molecule has 7 nitrogen and oxygen atoms in total. The summed E-state index contributed by atoms with van der Waals surface area (Å²) in [6.07, 6.45) is 37.1. The Labute approximate surface area is 361 Å². The number of ether oxygens (including phenoxy) is 3. The van der Waals surface area contributed by atoms with E-state index in [1.54, 1.807) is 0 Å². The maximum absolute atomic E-state index is 12.8. The predicted molar refractivity (Wildman–Crippen MR) is 246 cm³/mol. The van der Waals surface area contributed by atoms with Gasteiger partial charge in [0.25, 0.3) is 0 Å². The number of carbonyl (C=O) groups is 3. The van der Waals surface area contributed by atoms with Gasteiger partial charge < -0.3 is 19.1 Å². The molecule has 7 heteroatoms. The fraction of sp³-hybridized carbons (Fsp3) is 0.941. The molecule has 0 bridgehead atoms. The van der Waals surface area contributed by atoms with Gasteiger partial charge in [-0.15, -0.1) is 0 Å². The highest BCUT2D eigenvalue weighted by atomic mass is 16.5. The summed E-state index contributed by atoms with van der Waals surface area (Å²) in [7, 11) is 0. The van der Waals surface area contributed by atoms with Crippen LogP contribution in [0.5, 0.6) is 0 Å². The summed E-state index contributed by atoms with van der Waals surface area (Å²) in [4.78, 5) is 40.3. The van der Waals surface area contributed by atoms with Gasteiger partial charge in [0.05, 0.1) is 13.2 Å². The number of rotatable bonds is 45. The standard InChI is InChI=1S/C51H99NO6/c1-7-13-25-34-46(35-26-14-8-2)44-50(54)56-42-31-23-19-17-18-21-29-38-48(58-49(53)40-33-41-52(11-5)12-6)39-30-22-20-24-32-43-57-51(55)45-47(36-27-15-9-3)37-28-16-10-4/h46-48H,7-45H2,1-6H3. The van der Waals surface area contributed by atoms with Crippen molar-refractivity contribution in [1.29, 1.82) is 0 Å². The number of nitrogens with zero attached hydrogens (tertiary/aromatic N) is 1. The molecule has 0 aliphatic heterocycles. The zero-order valence-electron chi connectivity index (χ0n) is 39.7. The fourth-order valence-electron chi connectivity index (χ4n) is 8.25. The Morgan fingerprint density at radius 2 is 0.741 bits per heavy atom. The maximum Gasteiger partial charge on any atom is 0.306 e. The predicted octanol–water partition coefficient (Wildman–Crippen LogP) is 14.9. The van der Waals surface area contributed by atoms with Gasteiger partial charge in [-0.05, 0) is 102 Å². The first-order valence-electron chi connectivity index (χ1n) is 25.6. The van der Waals surface area contributed by atoms with Crippen LogP contribution in [0.2, 0.25) is 0 Å². The second kappa shape index (κ2) is 43.5. The van der Waals surface area contributed by atoms with Crippen LogP contribution in [0, 0.1) is 11.8 Å². The number of carbonyl (C=O) groups excluding carboxylic acids is 3. The average molecular weight is 822 g/mol. The number of hydrogen-bond donors (Lipinski definition) is 0. The van der Waals surface area contributed by atoms with E-state index in [1.807, 2.05) is 0 Å². The Hall–Kier alpha value is -1.63. The summed E-state index contributed by atoms with van der Waals surface area (Å²) in [6.45, 7) is 17.4. The van der Waals surface area contributed by atoms with Crippen molar-refractivity contribution in [1.82, 2.24) is 4.90 Å². The Kier molecular flexibility index (Phi) is 42.2. The molecular weight excluding hydrogens is 723 g/mol. The lowest BCUT2D eigenvalue weighted by Crippen LogP contribution is -2.25. The normalized spacial score (nSPS) is 12.2. The monoisotopic (exact) mass is 822 g/mol. The molecule has 1 unspecified atom stereocenters. The van der Waals surface area contributed by atoms with Crippen LogP contribution >= 0.6 is 0 Å². The van der Waals surface area contributed by atoms with Crippen LogP contribution in [0.4, 0.5) is 0 Å². The Balaban J connectivity index is 4.42. The average Bonchev–Trinajstić information content (AvgIpc) is 3.21. The van der Waals surface area contributed by atoms with Crippen LogP contribution in [0.3, 0.4) is 0 Å². The van der Waals surface area contributed by atoms with Crippen molar-refractivity contribution in [3.63, 3.8) is 0 Å². The first kappa shape index (κ1) is 56.4. The molecule has 0 heterocycles. The molecule has 1 atom stereocenters. The van der Waals surface area contributed by atoms with Gasteiger partial charge in [-0.1, -0.05) is 170 Å². The first-order chi connectivity index (χ1) is 28.3. The molecule has 0 aromatic carbocycles. The van der Waals surface area contributed by atoms with Crippen LogP contribution < -0.4 is 0 Å². The van der Waals surface area contributed by atoms with Crippen LogP contribution in [0.1, 0.15) is 260 Å². The number of esters is 3. The summed E-state index contributed by atoms with van der Waals surface area (Å²) in [5, 5.41) is 0. The van der Waals surface area contributed by atoms with Gasteiger partial charge in [-0.3, -0.25) is 14.4 Å². The summed E-state index contributed by atoms with van der Waals surface area (Å²) < 4.78 is 17.4. The fourth-order valence-corrected chi connectivity index (χ4v) is 8.25. The van der Waals surface area contributed by atoms with Crippen molar-refractivity contribution in [2.45, 2.75) is 266 Å². The van der Waals surface area contributed by atoms with Gasteiger partial charge in [0.1, 0.15) is 6.10 Å². The van der Waals surface area contributed by atoms with Gasteiger partial charge in [0.15, 0.2) is 0 Å². The summed E-state index contributed by atoms with van der Waals surface area (Å²) in [5.41, 5.74) is 0. The van der Waals surface area contributed by atoms with E-state index in [4.69, 9.17) is 14.2 Å². The molecule has 0 spiro atoms. The van der Waals surface area contributed by atoms with E-state index in [1.165, 1.54) is 103 Å². The SMILES string of the molecule is CCCCCC(CCCCC)CC(=O)OCCCCCCCCCC(CCCCCCCOC(=O)CC(CCCCC)CCCCC)OC(=O)CCCN(CC)CC. The first-order valence-corrected chi connectivity index (χ1v) is 25.6. The Morgan fingerprint density at radius 3 is 1.10 bits per heavy atom. The zero-order valence-corrected chi connectivity index (χ0v) is 39.7. The second-order valence-corrected chi connectivity index (χ2v) is 17.6. The molecule has 0 saturated carbocycles. The highest BCUT2D eigenvalue weighted by molar-refractivity contribution is 5.70. The van der Waals surface area contributed by atoms with Gasteiger partial charge in [-0.25, -0.2) is 0 Å². The summed E-state index contributed by atoms with van der Waals surface area (Å²) in [5.74, 6) is 0.925. The van der Waals surface area contributed by atoms with Crippen molar-refractivity contribution in [2.24, 2.45) is 11.8 Å². The lowest BCUT2D eigenvalue weighted by Gasteiger charge is -2.20. The molecule has 0 N–H and O–H groups in total. The van der Waals surface area contributed by atoms with E-state index in [0.717, 1.165) is 116 Å². The van der Waals surface area contributed by atoms with Crippen molar-refractivity contribution >= 4 is 17.9 Å². The minimum absolute atomic E-state index is 0.00418. The van der Waals surface area contributed by atoms with E-state index >= 15 is 0 Å². The summed E-state index contributed by atoms with van der Waals surface area (Å²) in [6, 6.07) is 0. The smallest absolute Gasteiger partial charge is 0.306 e. The minimum Gasteiger partial charge on any atom is -0.466 e. The molecule has 0 aliphatic rings. The molecule has 0 aliphatic carbocycles. The third kappa shape index (κ3) is 37.4. The van der Waals surface area contributed by atoms with Crippen molar-refractivity contribution in [2.75, 3.05) is 32.8 Å². The van der Waals surface area contributed by atoms with Crippen molar-refractivity contribution in [3.8, 4) is 0 Å². The quantitative estimate of drug-likeness (QED) is 0.0344.